The minimum atomic E-state index is -0.294. The molecule has 0 radical (unpaired) electrons. The maximum atomic E-state index is 12.0. The molecule has 5 heteroatoms. The molecule has 0 bridgehead atoms. The highest BCUT2D eigenvalue weighted by atomic mass is 79.9. The van der Waals surface area contributed by atoms with Gasteiger partial charge in [-0.15, -0.1) is 11.6 Å². The van der Waals surface area contributed by atoms with Crippen molar-refractivity contribution in [2.45, 2.75) is 0 Å². The van der Waals surface area contributed by atoms with Crippen LogP contribution in [0.5, 0.6) is 0 Å². The Morgan fingerprint density at radius 3 is 2.59 bits per heavy atom. The number of nitrogens with zero attached hydrogens (tertiary/aromatic N) is 1. The first-order valence-electron chi connectivity index (χ1n) is 4.93. The zero-order chi connectivity index (χ0) is 12.6. The monoisotopic (exact) mass is 313 g/mol. The summed E-state index contributed by atoms with van der Waals surface area (Å²) in [5, 5.41) is 0. The second-order valence-corrected chi connectivity index (χ2v) is 4.95. The van der Waals surface area contributed by atoms with Crippen molar-refractivity contribution >= 4 is 39.3 Å². The third kappa shape index (κ3) is 2.15. The molecule has 0 aromatic heterocycles. The minimum Gasteiger partial charge on any atom is -0.270 e. The molecule has 1 aromatic carbocycles. The van der Waals surface area contributed by atoms with E-state index in [1.54, 1.807) is 18.2 Å². The molecule has 0 atom stereocenters. The molecular formula is C12H9BrClNO2. The van der Waals surface area contributed by atoms with Crippen LogP contribution in [-0.2, 0) is 0 Å². The van der Waals surface area contributed by atoms with Crippen molar-refractivity contribution in [2.75, 3.05) is 12.4 Å². The standard InChI is InChI=1S/C12H9BrClNO2/c1-7(5-14)6-15-11(16)9-3-2-8(13)4-10(9)12(15)17/h2-4H,1,5-6H2. The zero-order valence-electron chi connectivity index (χ0n) is 8.87. The molecule has 0 saturated carbocycles. The molecule has 2 rings (SSSR count). The van der Waals surface area contributed by atoms with Gasteiger partial charge in [-0.1, -0.05) is 22.5 Å². The van der Waals surface area contributed by atoms with Crippen LogP contribution in [0.2, 0.25) is 0 Å². The van der Waals surface area contributed by atoms with Gasteiger partial charge in [0.25, 0.3) is 11.8 Å². The van der Waals surface area contributed by atoms with E-state index in [0.29, 0.717) is 16.7 Å². The van der Waals surface area contributed by atoms with Crippen molar-refractivity contribution in [1.82, 2.24) is 4.90 Å². The van der Waals surface area contributed by atoms with E-state index in [1.807, 2.05) is 0 Å². The van der Waals surface area contributed by atoms with E-state index in [1.165, 1.54) is 4.90 Å². The third-order valence-corrected chi connectivity index (χ3v) is 3.37. The van der Waals surface area contributed by atoms with Crippen LogP contribution in [0.4, 0.5) is 0 Å². The molecular weight excluding hydrogens is 305 g/mol. The first-order chi connectivity index (χ1) is 8.04. The molecule has 1 aliphatic heterocycles. The highest BCUT2D eigenvalue weighted by molar-refractivity contribution is 9.10. The number of hydrogen-bond donors (Lipinski definition) is 0. The molecule has 0 fully saturated rings. The number of rotatable bonds is 3. The first kappa shape index (κ1) is 12.3. The Bertz CT molecular complexity index is 527. The summed E-state index contributed by atoms with van der Waals surface area (Å²) >= 11 is 8.88. The molecule has 0 N–H and O–H groups in total. The van der Waals surface area contributed by atoms with E-state index in [-0.39, 0.29) is 24.2 Å². The second-order valence-electron chi connectivity index (χ2n) is 3.77. The van der Waals surface area contributed by atoms with E-state index in [0.717, 1.165) is 4.47 Å². The summed E-state index contributed by atoms with van der Waals surface area (Å²) in [5.74, 6) is -0.349. The van der Waals surface area contributed by atoms with Gasteiger partial charge in [0.2, 0.25) is 0 Å². The highest BCUT2D eigenvalue weighted by Gasteiger charge is 2.35. The van der Waals surface area contributed by atoms with Gasteiger partial charge in [0.1, 0.15) is 0 Å². The summed E-state index contributed by atoms with van der Waals surface area (Å²) in [6.45, 7) is 3.87. The number of halogens is 2. The predicted octanol–water partition coefficient (Wildman–Crippen LogP) is 2.84. The second kappa shape index (κ2) is 4.63. The van der Waals surface area contributed by atoms with Gasteiger partial charge < -0.3 is 0 Å². The van der Waals surface area contributed by atoms with Crippen LogP contribution in [0.25, 0.3) is 0 Å². The Morgan fingerprint density at radius 2 is 1.94 bits per heavy atom. The third-order valence-electron chi connectivity index (χ3n) is 2.50. The fourth-order valence-electron chi connectivity index (χ4n) is 1.67. The lowest BCUT2D eigenvalue weighted by atomic mass is 10.1. The van der Waals surface area contributed by atoms with Crippen molar-refractivity contribution in [3.05, 3.63) is 46.0 Å². The zero-order valence-corrected chi connectivity index (χ0v) is 11.2. The number of benzene rings is 1. The highest BCUT2D eigenvalue weighted by Crippen LogP contribution is 2.26. The number of fused-ring (bicyclic) bond motifs is 1. The summed E-state index contributed by atoms with van der Waals surface area (Å²) in [6, 6.07) is 5.03. The summed E-state index contributed by atoms with van der Waals surface area (Å²) < 4.78 is 0.774. The molecule has 1 heterocycles. The van der Waals surface area contributed by atoms with Crippen molar-refractivity contribution < 1.29 is 9.59 Å². The Hall–Kier alpha value is -1.13. The van der Waals surface area contributed by atoms with E-state index < -0.39 is 0 Å². The molecule has 0 spiro atoms. The number of alkyl halides is 1. The first-order valence-corrected chi connectivity index (χ1v) is 6.25. The van der Waals surface area contributed by atoms with E-state index in [2.05, 4.69) is 22.5 Å². The average Bonchev–Trinajstić information content (AvgIpc) is 2.54. The number of imide groups is 1. The molecule has 2 amide bonds. The molecule has 17 heavy (non-hydrogen) atoms. The van der Waals surface area contributed by atoms with Gasteiger partial charge in [0.05, 0.1) is 17.7 Å². The van der Waals surface area contributed by atoms with Crippen LogP contribution in [-0.4, -0.2) is 29.1 Å². The largest absolute Gasteiger partial charge is 0.270 e. The molecule has 0 saturated heterocycles. The van der Waals surface area contributed by atoms with Crippen LogP contribution < -0.4 is 0 Å². The number of carbonyl (C=O) groups excluding carboxylic acids is 2. The molecule has 0 unspecified atom stereocenters. The van der Waals surface area contributed by atoms with Gasteiger partial charge in [0, 0.05) is 10.4 Å². The van der Waals surface area contributed by atoms with Crippen LogP contribution in [0.3, 0.4) is 0 Å². The Morgan fingerprint density at radius 1 is 1.29 bits per heavy atom. The van der Waals surface area contributed by atoms with Gasteiger partial charge in [-0.2, -0.15) is 0 Å². The lowest BCUT2D eigenvalue weighted by molar-refractivity contribution is 0.0668. The number of carbonyl (C=O) groups is 2. The van der Waals surface area contributed by atoms with Gasteiger partial charge in [-0.05, 0) is 23.8 Å². The predicted molar refractivity (Wildman–Crippen MR) is 69.4 cm³/mol. The molecule has 88 valence electrons. The van der Waals surface area contributed by atoms with Crippen molar-refractivity contribution in [1.29, 1.82) is 0 Å². The summed E-state index contributed by atoms with van der Waals surface area (Å²) in [7, 11) is 0. The molecule has 1 aliphatic rings. The van der Waals surface area contributed by atoms with Gasteiger partial charge >= 0.3 is 0 Å². The Kier molecular flexibility index (Phi) is 3.35. The molecule has 1 aromatic rings. The fraction of sp³-hybridized carbons (Fsp3) is 0.167. The maximum absolute atomic E-state index is 12.0. The summed E-state index contributed by atoms with van der Waals surface area (Å²) in [6.07, 6.45) is 0. The number of amides is 2. The van der Waals surface area contributed by atoms with Crippen molar-refractivity contribution in [3.8, 4) is 0 Å². The van der Waals surface area contributed by atoms with Crippen molar-refractivity contribution in [2.24, 2.45) is 0 Å². The van der Waals surface area contributed by atoms with E-state index in [9.17, 15) is 9.59 Å². The topological polar surface area (TPSA) is 37.4 Å². The SMILES string of the molecule is C=C(CCl)CN1C(=O)c2ccc(Br)cc2C1=O. The van der Waals surface area contributed by atoms with Crippen LogP contribution in [0.15, 0.2) is 34.8 Å². The normalized spacial score (nSPS) is 14.1. The van der Waals surface area contributed by atoms with Crippen LogP contribution >= 0.6 is 27.5 Å². The van der Waals surface area contributed by atoms with Gasteiger partial charge in [-0.3, -0.25) is 14.5 Å². The molecule has 0 aliphatic carbocycles. The maximum Gasteiger partial charge on any atom is 0.261 e. The Labute approximate surface area is 112 Å². The average molecular weight is 315 g/mol. The molecule has 3 nitrogen and oxygen atoms in total. The fourth-order valence-corrected chi connectivity index (χ4v) is 2.12. The minimum absolute atomic E-state index is 0.174. The van der Waals surface area contributed by atoms with Crippen LogP contribution in [0, 0.1) is 0 Å². The quantitative estimate of drug-likeness (QED) is 0.489. The van der Waals surface area contributed by atoms with Crippen LogP contribution in [0.1, 0.15) is 20.7 Å². The summed E-state index contributed by atoms with van der Waals surface area (Å²) in [5.41, 5.74) is 1.49. The number of hydrogen-bond acceptors (Lipinski definition) is 2. The van der Waals surface area contributed by atoms with Gasteiger partial charge in [-0.25, -0.2) is 0 Å². The lowest BCUT2D eigenvalue weighted by Crippen LogP contribution is -2.31. The van der Waals surface area contributed by atoms with E-state index >= 15 is 0 Å². The van der Waals surface area contributed by atoms with E-state index in [4.69, 9.17) is 11.6 Å². The summed E-state index contributed by atoms with van der Waals surface area (Å²) in [4.78, 5) is 25.2. The lowest BCUT2D eigenvalue weighted by Gasteiger charge is -2.13. The Balaban J connectivity index is 2.35. The smallest absolute Gasteiger partial charge is 0.261 e. The van der Waals surface area contributed by atoms with Crippen molar-refractivity contribution in [3.63, 3.8) is 0 Å². The van der Waals surface area contributed by atoms with Gasteiger partial charge in [0.15, 0.2) is 0 Å².